The first-order chi connectivity index (χ1) is 14.9. The average Bonchev–Trinajstić information content (AvgIpc) is 3.40. The summed E-state index contributed by atoms with van der Waals surface area (Å²) >= 11 is 0. The number of carbonyl (C=O) groups excluding carboxylic acids is 2. The van der Waals surface area contributed by atoms with Gasteiger partial charge in [-0.05, 0) is 52.5 Å². The SMILES string of the molecule is C=C1CCC2(C)C(C)(O)C(OC(=O)C(C)=CC)CCC2(O)C12CC(c1ccoc1)OC2=O. The summed E-state index contributed by atoms with van der Waals surface area (Å²) in [4.78, 5) is 25.9. The molecule has 0 amide bonds. The van der Waals surface area contributed by atoms with Crippen LogP contribution < -0.4 is 0 Å². The number of esters is 2. The highest BCUT2D eigenvalue weighted by atomic mass is 16.6. The van der Waals surface area contributed by atoms with E-state index >= 15 is 0 Å². The normalized spacial score (nSPS) is 42.0. The first-order valence-electron chi connectivity index (χ1n) is 11.1. The fourth-order valence-electron chi connectivity index (χ4n) is 6.14. The largest absolute Gasteiger partial charge is 0.472 e. The number of hydrogen-bond acceptors (Lipinski definition) is 7. The summed E-state index contributed by atoms with van der Waals surface area (Å²) < 4.78 is 16.6. The summed E-state index contributed by atoms with van der Waals surface area (Å²) in [6.45, 7) is 10.9. The number of fused-ring (bicyclic) bond motifs is 2. The van der Waals surface area contributed by atoms with E-state index in [0.717, 1.165) is 5.56 Å². The van der Waals surface area contributed by atoms with Crippen molar-refractivity contribution in [2.24, 2.45) is 10.8 Å². The van der Waals surface area contributed by atoms with Gasteiger partial charge in [-0.1, -0.05) is 25.2 Å². The van der Waals surface area contributed by atoms with Crippen molar-refractivity contribution in [2.75, 3.05) is 0 Å². The molecule has 7 nitrogen and oxygen atoms in total. The average molecular weight is 445 g/mol. The highest BCUT2D eigenvalue weighted by Gasteiger charge is 2.77. The Balaban J connectivity index is 1.74. The van der Waals surface area contributed by atoms with E-state index in [2.05, 4.69) is 6.58 Å². The van der Waals surface area contributed by atoms with Crippen LogP contribution in [0.15, 0.2) is 46.8 Å². The van der Waals surface area contributed by atoms with Crippen molar-refractivity contribution in [2.45, 2.75) is 83.2 Å². The second-order valence-electron chi connectivity index (χ2n) is 9.91. The Morgan fingerprint density at radius 2 is 2.03 bits per heavy atom. The molecule has 1 aromatic rings. The maximum absolute atomic E-state index is 13.4. The number of allylic oxidation sites excluding steroid dienone is 1. The van der Waals surface area contributed by atoms with Gasteiger partial charge in [0.2, 0.25) is 0 Å². The summed E-state index contributed by atoms with van der Waals surface area (Å²) in [6.07, 6.45) is 4.74. The molecular formula is C25H32O7. The third kappa shape index (κ3) is 2.73. The molecule has 3 aliphatic rings. The second-order valence-corrected chi connectivity index (χ2v) is 9.91. The number of carbonyl (C=O) groups is 2. The first-order valence-corrected chi connectivity index (χ1v) is 11.1. The highest BCUT2D eigenvalue weighted by Crippen LogP contribution is 2.69. The minimum atomic E-state index is -1.62. The van der Waals surface area contributed by atoms with Gasteiger partial charge in [0.1, 0.15) is 23.2 Å². The maximum Gasteiger partial charge on any atom is 0.333 e. The molecule has 7 heteroatoms. The van der Waals surface area contributed by atoms with Gasteiger partial charge in [0.25, 0.3) is 0 Å². The molecule has 1 saturated heterocycles. The van der Waals surface area contributed by atoms with Gasteiger partial charge >= 0.3 is 11.9 Å². The molecular weight excluding hydrogens is 412 g/mol. The van der Waals surface area contributed by atoms with Gasteiger partial charge in [-0.3, -0.25) is 4.79 Å². The van der Waals surface area contributed by atoms with Crippen LogP contribution in [0.3, 0.4) is 0 Å². The minimum Gasteiger partial charge on any atom is -0.472 e. The van der Waals surface area contributed by atoms with Crippen LogP contribution in [0.4, 0.5) is 0 Å². The topological polar surface area (TPSA) is 106 Å². The van der Waals surface area contributed by atoms with Crippen LogP contribution in [-0.2, 0) is 19.1 Å². The molecule has 0 bridgehead atoms. The quantitative estimate of drug-likeness (QED) is 0.415. The summed E-state index contributed by atoms with van der Waals surface area (Å²) in [5, 5.41) is 24.1. The molecule has 32 heavy (non-hydrogen) atoms. The molecule has 1 aliphatic heterocycles. The van der Waals surface area contributed by atoms with Crippen molar-refractivity contribution < 1.29 is 33.7 Å². The monoisotopic (exact) mass is 444 g/mol. The van der Waals surface area contributed by atoms with Crippen LogP contribution in [0.2, 0.25) is 0 Å². The summed E-state index contributed by atoms with van der Waals surface area (Å²) in [5.74, 6) is -1.03. The number of hydrogen-bond donors (Lipinski definition) is 2. The van der Waals surface area contributed by atoms with Crippen LogP contribution in [-0.4, -0.2) is 39.5 Å². The Hall–Kier alpha value is -2.38. The van der Waals surface area contributed by atoms with Gasteiger partial charge in [0.05, 0.1) is 18.1 Å². The van der Waals surface area contributed by atoms with Crippen LogP contribution in [0.5, 0.6) is 0 Å². The van der Waals surface area contributed by atoms with Crippen LogP contribution in [0, 0.1) is 10.8 Å². The van der Waals surface area contributed by atoms with Gasteiger partial charge < -0.3 is 24.1 Å². The third-order valence-corrected chi connectivity index (χ3v) is 8.67. The van der Waals surface area contributed by atoms with Gasteiger partial charge in [-0.15, -0.1) is 0 Å². The Kier molecular flexibility index (Phi) is 5.21. The van der Waals surface area contributed by atoms with Gasteiger partial charge in [0.15, 0.2) is 0 Å². The first kappa shape index (κ1) is 22.8. The zero-order chi connectivity index (χ0) is 23.5. The van der Waals surface area contributed by atoms with Gasteiger partial charge in [-0.25, -0.2) is 4.79 Å². The van der Waals surface area contributed by atoms with Crippen molar-refractivity contribution in [1.29, 1.82) is 0 Å². The number of ether oxygens (including phenoxy) is 2. The van der Waals surface area contributed by atoms with Crippen LogP contribution in [0.25, 0.3) is 0 Å². The van der Waals surface area contributed by atoms with Crippen molar-refractivity contribution in [3.63, 3.8) is 0 Å². The molecule has 2 N–H and O–H groups in total. The zero-order valence-corrected chi connectivity index (χ0v) is 19.1. The predicted molar refractivity (Wildman–Crippen MR) is 115 cm³/mol. The fourth-order valence-corrected chi connectivity index (χ4v) is 6.14. The Morgan fingerprint density at radius 1 is 1.31 bits per heavy atom. The van der Waals surface area contributed by atoms with E-state index in [0.29, 0.717) is 24.0 Å². The lowest BCUT2D eigenvalue weighted by atomic mass is 9.41. The molecule has 2 aliphatic carbocycles. The van der Waals surface area contributed by atoms with Crippen LogP contribution in [0.1, 0.15) is 71.5 Å². The van der Waals surface area contributed by atoms with Crippen molar-refractivity contribution in [3.8, 4) is 0 Å². The van der Waals surface area contributed by atoms with Crippen LogP contribution >= 0.6 is 0 Å². The van der Waals surface area contributed by atoms with E-state index in [1.807, 2.05) is 0 Å². The molecule has 0 radical (unpaired) electrons. The van der Waals surface area contributed by atoms with Gasteiger partial charge in [0, 0.05) is 23.0 Å². The summed E-state index contributed by atoms with van der Waals surface area (Å²) in [6, 6.07) is 1.74. The molecule has 0 aromatic carbocycles. The molecule has 2 saturated carbocycles. The summed E-state index contributed by atoms with van der Waals surface area (Å²) in [7, 11) is 0. The van der Waals surface area contributed by atoms with E-state index in [1.54, 1.807) is 39.8 Å². The number of aliphatic hydroxyl groups is 2. The number of furan rings is 1. The van der Waals surface area contributed by atoms with Crippen molar-refractivity contribution in [3.05, 3.63) is 48.0 Å². The standard InChI is InChI=1S/C25H32O7/c1-6-15(2)20(26)32-19-8-11-25(29)22(4,23(19,5)28)10-7-16(3)24(25)13-18(31-21(24)27)17-9-12-30-14-17/h6,9,12,14,18-19,28-29H,3,7-8,10-11,13H2,1-2,4-5H3. The molecule has 6 unspecified atom stereocenters. The Morgan fingerprint density at radius 3 is 2.66 bits per heavy atom. The Bertz CT molecular complexity index is 974. The van der Waals surface area contributed by atoms with E-state index in [1.165, 1.54) is 12.5 Å². The zero-order valence-electron chi connectivity index (χ0n) is 19.1. The van der Waals surface area contributed by atoms with E-state index < -0.39 is 46.2 Å². The fraction of sp³-hybridized carbons (Fsp3) is 0.600. The summed E-state index contributed by atoms with van der Waals surface area (Å²) in [5.41, 5.74) is -3.92. The van der Waals surface area contributed by atoms with E-state index in [4.69, 9.17) is 13.9 Å². The van der Waals surface area contributed by atoms with E-state index in [-0.39, 0.29) is 19.3 Å². The van der Waals surface area contributed by atoms with Crippen molar-refractivity contribution >= 4 is 11.9 Å². The molecule has 174 valence electrons. The second kappa shape index (κ2) is 7.32. The Labute approximate surface area is 188 Å². The molecule has 1 spiro atoms. The van der Waals surface area contributed by atoms with E-state index in [9.17, 15) is 19.8 Å². The minimum absolute atomic E-state index is 0.165. The maximum atomic E-state index is 13.4. The van der Waals surface area contributed by atoms with Gasteiger partial charge in [-0.2, -0.15) is 0 Å². The lowest BCUT2D eigenvalue weighted by Gasteiger charge is -2.65. The highest BCUT2D eigenvalue weighted by molar-refractivity contribution is 5.88. The van der Waals surface area contributed by atoms with Crippen molar-refractivity contribution in [1.82, 2.24) is 0 Å². The smallest absolute Gasteiger partial charge is 0.333 e. The lowest BCUT2D eigenvalue weighted by Crippen LogP contribution is -2.75. The molecule has 3 fully saturated rings. The third-order valence-electron chi connectivity index (χ3n) is 8.67. The number of cyclic esters (lactones) is 1. The molecule has 6 atom stereocenters. The molecule has 1 aromatic heterocycles. The molecule has 2 heterocycles. The predicted octanol–water partition coefficient (Wildman–Crippen LogP) is 3.76. The molecule has 4 rings (SSSR count). The number of rotatable bonds is 3. The lowest BCUT2D eigenvalue weighted by molar-refractivity contribution is -0.290.